The molecule has 4 rings (SSSR count). The van der Waals surface area contributed by atoms with Crippen LogP contribution < -0.4 is 10.1 Å². The molecule has 9 heteroatoms. The molecule has 144 valence electrons. The second-order valence-corrected chi connectivity index (χ2v) is 7.40. The summed E-state index contributed by atoms with van der Waals surface area (Å²) >= 11 is 0. The van der Waals surface area contributed by atoms with E-state index in [9.17, 15) is 19.7 Å². The predicted molar refractivity (Wildman–Crippen MR) is 92.8 cm³/mol. The van der Waals surface area contributed by atoms with Gasteiger partial charge in [0, 0.05) is 23.3 Å². The Morgan fingerprint density at radius 1 is 1.37 bits per heavy atom. The molecule has 1 aliphatic carbocycles. The highest BCUT2D eigenvalue weighted by Gasteiger charge is 2.54. The lowest BCUT2D eigenvalue weighted by Crippen LogP contribution is -2.53. The molecule has 3 aliphatic rings. The van der Waals surface area contributed by atoms with E-state index in [1.807, 2.05) is 6.92 Å². The number of ether oxygens (including phenoxy) is 2. The second-order valence-electron chi connectivity index (χ2n) is 7.40. The van der Waals surface area contributed by atoms with Crippen LogP contribution in [0.25, 0.3) is 0 Å². The largest absolute Gasteiger partial charge is 0.467 e. The first kappa shape index (κ1) is 17.7. The maximum atomic E-state index is 13.1. The minimum absolute atomic E-state index is 0.0267. The summed E-state index contributed by atoms with van der Waals surface area (Å²) in [5.41, 5.74) is -0.00417. The topological polar surface area (TPSA) is 111 Å². The number of hydrogen-bond donors (Lipinski definition) is 1. The number of nitrogens with zero attached hydrogens (tertiary/aromatic N) is 2. The van der Waals surface area contributed by atoms with E-state index in [0.29, 0.717) is 23.3 Å². The van der Waals surface area contributed by atoms with Crippen molar-refractivity contribution in [3.05, 3.63) is 33.4 Å². The summed E-state index contributed by atoms with van der Waals surface area (Å²) in [5, 5.41) is 14.1. The molecule has 0 bridgehead atoms. The van der Waals surface area contributed by atoms with Crippen LogP contribution in [0, 0.1) is 16.0 Å². The Balaban J connectivity index is 1.68. The van der Waals surface area contributed by atoms with Crippen molar-refractivity contribution in [2.75, 3.05) is 6.79 Å². The SMILES string of the molecule is C[C@H]1CCCC[C@@]12NC(=O)N(Cc1cc([N+](=O)[O-])cc3c1OCOC3)C2=O. The number of carbonyl (C=O) groups is 2. The molecule has 27 heavy (non-hydrogen) atoms. The van der Waals surface area contributed by atoms with Gasteiger partial charge >= 0.3 is 6.03 Å². The average Bonchev–Trinajstić information content (AvgIpc) is 2.89. The van der Waals surface area contributed by atoms with Gasteiger partial charge in [0.2, 0.25) is 0 Å². The van der Waals surface area contributed by atoms with Crippen molar-refractivity contribution in [1.82, 2.24) is 10.2 Å². The van der Waals surface area contributed by atoms with Gasteiger partial charge in [0.1, 0.15) is 11.3 Å². The van der Waals surface area contributed by atoms with E-state index in [1.165, 1.54) is 12.1 Å². The van der Waals surface area contributed by atoms with E-state index in [4.69, 9.17) is 9.47 Å². The molecule has 0 unspecified atom stereocenters. The molecule has 2 fully saturated rings. The Kier molecular flexibility index (Phi) is 4.26. The van der Waals surface area contributed by atoms with E-state index in [0.717, 1.165) is 24.2 Å². The molecule has 2 aliphatic heterocycles. The van der Waals surface area contributed by atoms with Gasteiger partial charge in [0.15, 0.2) is 6.79 Å². The van der Waals surface area contributed by atoms with Crippen LogP contribution in [0.1, 0.15) is 43.7 Å². The summed E-state index contributed by atoms with van der Waals surface area (Å²) in [6.07, 6.45) is 3.42. The van der Waals surface area contributed by atoms with Crippen molar-refractivity contribution in [1.29, 1.82) is 0 Å². The summed E-state index contributed by atoms with van der Waals surface area (Å²) in [7, 11) is 0. The molecule has 0 aromatic heterocycles. The fraction of sp³-hybridized carbons (Fsp3) is 0.556. The summed E-state index contributed by atoms with van der Waals surface area (Å²) in [5.74, 6) is 0.244. The van der Waals surface area contributed by atoms with E-state index in [2.05, 4.69) is 5.32 Å². The van der Waals surface area contributed by atoms with Crippen LogP contribution >= 0.6 is 0 Å². The number of nitro benzene ring substituents is 1. The molecule has 1 saturated carbocycles. The first-order valence-corrected chi connectivity index (χ1v) is 9.07. The third-order valence-corrected chi connectivity index (χ3v) is 5.81. The number of nitro groups is 1. The number of hydrogen-bond acceptors (Lipinski definition) is 6. The maximum Gasteiger partial charge on any atom is 0.325 e. The number of carbonyl (C=O) groups excluding carboxylic acids is 2. The number of non-ortho nitro benzene ring substituents is 1. The van der Waals surface area contributed by atoms with Crippen LogP contribution in [-0.2, 0) is 22.7 Å². The van der Waals surface area contributed by atoms with Crippen LogP contribution in [0.2, 0.25) is 0 Å². The molecule has 1 aromatic carbocycles. The van der Waals surface area contributed by atoms with Crippen LogP contribution in [0.4, 0.5) is 10.5 Å². The Morgan fingerprint density at radius 3 is 2.93 bits per heavy atom. The Bertz CT molecular complexity index is 826. The van der Waals surface area contributed by atoms with E-state index < -0.39 is 16.5 Å². The van der Waals surface area contributed by atoms with Gasteiger partial charge in [-0.05, 0) is 18.8 Å². The van der Waals surface area contributed by atoms with E-state index >= 15 is 0 Å². The Hall–Kier alpha value is -2.68. The summed E-state index contributed by atoms with van der Waals surface area (Å²) in [4.78, 5) is 37.6. The average molecular weight is 375 g/mol. The highest BCUT2D eigenvalue weighted by molar-refractivity contribution is 6.07. The van der Waals surface area contributed by atoms with Gasteiger partial charge in [-0.2, -0.15) is 0 Å². The fourth-order valence-corrected chi connectivity index (χ4v) is 4.31. The highest BCUT2D eigenvalue weighted by atomic mass is 16.7. The van der Waals surface area contributed by atoms with Gasteiger partial charge in [-0.1, -0.05) is 19.8 Å². The molecule has 1 saturated heterocycles. The van der Waals surface area contributed by atoms with Gasteiger partial charge in [0.05, 0.1) is 18.1 Å². The maximum absolute atomic E-state index is 13.1. The lowest BCUT2D eigenvalue weighted by atomic mass is 9.73. The number of urea groups is 1. The van der Waals surface area contributed by atoms with Gasteiger partial charge in [0.25, 0.3) is 11.6 Å². The minimum Gasteiger partial charge on any atom is -0.467 e. The predicted octanol–water partition coefficient (Wildman–Crippen LogP) is 2.46. The number of benzene rings is 1. The number of rotatable bonds is 3. The van der Waals surface area contributed by atoms with E-state index in [-0.39, 0.29) is 37.5 Å². The quantitative estimate of drug-likeness (QED) is 0.493. The number of nitrogens with one attached hydrogen (secondary N) is 1. The van der Waals surface area contributed by atoms with Crippen LogP contribution in [0.5, 0.6) is 5.75 Å². The first-order valence-electron chi connectivity index (χ1n) is 9.07. The van der Waals surface area contributed by atoms with Gasteiger partial charge in [-0.3, -0.25) is 19.8 Å². The second kappa shape index (κ2) is 6.49. The van der Waals surface area contributed by atoms with Gasteiger partial charge < -0.3 is 14.8 Å². The monoisotopic (exact) mass is 375 g/mol. The molecule has 3 amide bonds. The number of amides is 3. The summed E-state index contributed by atoms with van der Waals surface area (Å²) in [6.45, 7) is 2.13. The zero-order chi connectivity index (χ0) is 19.2. The Labute approximate surface area is 155 Å². The summed E-state index contributed by atoms with van der Waals surface area (Å²) < 4.78 is 10.7. The molecular weight excluding hydrogens is 354 g/mol. The van der Waals surface area contributed by atoms with Gasteiger partial charge in [-0.15, -0.1) is 0 Å². The van der Waals surface area contributed by atoms with Crippen molar-refractivity contribution in [3.8, 4) is 5.75 Å². The minimum atomic E-state index is -0.861. The zero-order valence-corrected chi connectivity index (χ0v) is 15.0. The van der Waals surface area contributed by atoms with Crippen molar-refractivity contribution in [2.45, 2.75) is 51.3 Å². The lowest BCUT2D eigenvalue weighted by Gasteiger charge is -2.36. The van der Waals surface area contributed by atoms with Crippen molar-refractivity contribution in [2.24, 2.45) is 5.92 Å². The van der Waals surface area contributed by atoms with Crippen LogP contribution in [0.15, 0.2) is 12.1 Å². The molecular formula is C18H21N3O6. The van der Waals surface area contributed by atoms with Crippen LogP contribution in [-0.4, -0.2) is 34.1 Å². The fourth-order valence-electron chi connectivity index (χ4n) is 4.31. The molecule has 1 spiro atoms. The van der Waals surface area contributed by atoms with Crippen LogP contribution in [0.3, 0.4) is 0 Å². The normalized spacial score (nSPS) is 27.3. The van der Waals surface area contributed by atoms with Gasteiger partial charge in [-0.25, -0.2) is 4.79 Å². The summed E-state index contributed by atoms with van der Waals surface area (Å²) in [6, 6.07) is 2.30. The molecule has 1 aromatic rings. The number of imide groups is 1. The third-order valence-electron chi connectivity index (χ3n) is 5.81. The van der Waals surface area contributed by atoms with Crippen molar-refractivity contribution >= 4 is 17.6 Å². The lowest BCUT2D eigenvalue weighted by molar-refractivity contribution is -0.385. The van der Waals surface area contributed by atoms with Crippen molar-refractivity contribution < 1.29 is 24.0 Å². The van der Waals surface area contributed by atoms with Crippen molar-refractivity contribution in [3.63, 3.8) is 0 Å². The molecule has 2 atom stereocenters. The molecule has 9 nitrogen and oxygen atoms in total. The standard InChI is InChI=1S/C18H21N3O6/c1-11-4-2-3-5-18(11)16(22)20(17(23)19-18)8-12-6-14(21(24)25)7-13-9-26-10-27-15(12)13/h6-7,11H,2-5,8-10H2,1H3,(H,19,23)/t11-,18+/m0/s1. The first-order chi connectivity index (χ1) is 12.9. The smallest absolute Gasteiger partial charge is 0.325 e. The molecule has 0 radical (unpaired) electrons. The molecule has 1 N–H and O–H groups in total. The highest BCUT2D eigenvalue weighted by Crippen LogP contribution is 2.40. The third kappa shape index (κ3) is 2.82. The zero-order valence-electron chi connectivity index (χ0n) is 15.0. The van der Waals surface area contributed by atoms with E-state index in [1.54, 1.807) is 0 Å². The molecule has 2 heterocycles. The number of fused-ring (bicyclic) bond motifs is 1. The Morgan fingerprint density at radius 2 is 2.19 bits per heavy atom.